The van der Waals surface area contributed by atoms with Crippen molar-refractivity contribution in [1.82, 2.24) is 5.32 Å². The van der Waals surface area contributed by atoms with Gasteiger partial charge in [0.25, 0.3) is 5.69 Å². The number of amides is 1. The first-order chi connectivity index (χ1) is 9.95. The van der Waals surface area contributed by atoms with Gasteiger partial charge >= 0.3 is 5.97 Å². The van der Waals surface area contributed by atoms with E-state index in [4.69, 9.17) is 10.2 Å². The van der Waals surface area contributed by atoms with Crippen LogP contribution in [0.25, 0.3) is 6.08 Å². The van der Waals surface area contributed by atoms with E-state index in [1.807, 2.05) is 0 Å². The van der Waals surface area contributed by atoms with Gasteiger partial charge in [-0.05, 0) is 12.1 Å². The number of carbonyl (C=O) groups excluding carboxylic acids is 1. The number of para-hydroxylation sites is 1. The van der Waals surface area contributed by atoms with E-state index in [9.17, 15) is 19.7 Å². The maximum absolute atomic E-state index is 11.6. The fourth-order valence-corrected chi connectivity index (χ4v) is 1.57. The van der Waals surface area contributed by atoms with Crippen molar-refractivity contribution < 1.29 is 24.7 Å². The van der Waals surface area contributed by atoms with Crippen molar-refractivity contribution in [3.8, 4) is 0 Å². The van der Waals surface area contributed by atoms with Crippen LogP contribution in [-0.2, 0) is 9.59 Å². The van der Waals surface area contributed by atoms with Gasteiger partial charge in [-0.25, -0.2) is 4.79 Å². The Balaban J connectivity index is 2.79. The average molecular weight is 294 g/mol. The number of benzene rings is 1. The molecular weight excluding hydrogens is 280 g/mol. The van der Waals surface area contributed by atoms with E-state index in [0.29, 0.717) is 0 Å². The summed E-state index contributed by atoms with van der Waals surface area (Å²) in [4.78, 5) is 32.6. The molecule has 0 bridgehead atoms. The summed E-state index contributed by atoms with van der Waals surface area (Å²) in [7, 11) is 0. The fraction of sp³-hybridized carbons (Fsp3) is 0.231. The number of carboxylic acid groups (broad SMARTS) is 1. The molecule has 1 amide bonds. The van der Waals surface area contributed by atoms with Crippen LogP contribution in [0.5, 0.6) is 0 Å². The number of hydrogen-bond donors (Lipinski definition) is 3. The SMILES string of the molecule is O=C(/C=C/c1ccccc1[N+](=O)[O-])N[C@@H](CCO)C(=O)O. The molecule has 1 aromatic carbocycles. The molecule has 0 unspecified atom stereocenters. The quantitative estimate of drug-likeness (QED) is 0.382. The molecule has 1 atom stereocenters. The molecule has 0 radical (unpaired) electrons. The first-order valence-corrected chi connectivity index (χ1v) is 6.01. The number of hydrogen-bond acceptors (Lipinski definition) is 5. The number of aliphatic carboxylic acids is 1. The Morgan fingerprint density at radius 1 is 1.38 bits per heavy atom. The van der Waals surface area contributed by atoms with Gasteiger partial charge in [0.1, 0.15) is 6.04 Å². The van der Waals surface area contributed by atoms with Gasteiger partial charge in [0.15, 0.2) is 0 Å². The lowest BCUT2D eigenvalue weighted by Gasteiger charge is -2.11. The summed E-state index contributed by atoms with van der Waals surface area (Å²) in [5, 5.41) is 30.5. The van der Waals surface area contributed by atoms with Crippen molar-refractivity contribution in [1.29, 1.82) is 0 Å². The number of aliphatic hydroxyl groups is 1. The van der Waals surface area contributed by atoms with Crippen LogP contribution in [0.4, 0.5) is 5.69 Å². The van der Waals surface area contributed by atoms with Crippen LogP contribution in [0.1, 0.15) is 12.0 Å². The van der Waals surface area contributed by atoms with Crippen LogP contribution in [0.15, 0.2) is 30.3 Å². The monoisotopic (exact) mass is 294 g/mol. The van der Waals surface area contributed by atoms with E-state index in [1.165, 1.54) is 24.3 Å². The van der Waals surface area contributed by atoms with Crippen LogP contribution in [0.2, 0.25) is 0 Å². The Bertz CT molecular complexity index is 570. The van der Waals surface area contributed by atoms with Gasteiger partial charge in [0, 0.05) is 25.2 Å². The minimum Gasteiger partial charge on any atom is -0.480 e. The lowest BCUT2D eigenvalue weighted by Crippen LogP contribution is -2.40. The van der Waals surface area contributed by atoms with Crippen LogP contribution in [0.3, 0.4) is 0 Å². The number of rotatable bonds is 7. The van der Waals surface area contributed by atoms with Gasteiger partial charge in [-0.1, -0.05) is 12.1 Å². The molecule has 0 aliphatic rings. The maximum Gasteiger partial charge on any atom is 0.326 e. The number of nitrogens with zero attached hydrogens (tertiary/aromatic N) is 1. The van der Waals surface area contributed by atoms with Crippen molar-refractivity contribution in [3.63, 3.8) is 0 Å². The van der Waals surface area contributed by atoms with Gasteiger partial charge in [-0.2, -0.15) is 0 Å². The number of nitrogens with one attached hydrogen (secondary N) is 1. The lowest BCUT2D eigenvalue weighted by molar-refractivity contribution is -0.385. The molecule has 0 spiro atoms. The third-order valence-corrected chi connectivity index (χ3v) is 2.58. The molecule has 0 saturated carbocycles. The highest BCUT2D eigenvalue weighted by Gasteiger charge is 2.18. The van der Waals surface area contributed by atoms with E-state index in [-0.39, 0.29) is 24.3 Å². The minimum absolute atomic E-state index is 0.125. The zero-order valence-electron chi connectivity index (χ0n) is 10.9. The van der Waals surface area contributed by atoms with Crippen LogP contribution in [0, 0.1) is 10.1 Å². The molecule has 1 aromatic rings. The second-order valence-corrected chi connectivity index (χ2v) is 4.06. The zero-order chi connectivity index (χ0) is 15.8. The summed E-state index contributed by atoms with van der Waals surface area (Å²) in [6, 6.07) is 4.62. The van der Waals surface area contributed by atoms with Gasteiger partial charge < -0.3 is 15.5 Å². The summed E-state index contributed by atoms with van der Waals surface area (Å²) in [5.74, 6) is -1.98. The second-order valence-electron chi connectivity index (χ2n) is 4.06. The molecule has 0 saturated heterocycles. The van der Waals surface area contributed by atoms with Crippen LogP contribution < -0.4 is 5.32 Å². The predicted molar refractivity (Wildman–Crippen MR) is 73.4 cm³/mol. The third-order valence-electron chi connectivity index (χ3n) is 2.58. The Kier molecular flexibility index (Phi) is 6.02. The average Bonchev–Trinajstić information content (AvgIpc) is 2.44. The molecule has 1 rings (SSSR count). The molecule has 0 aliphatic heterocycles. The molecule has 8 heteroatoms. The highest BCUT2D eigenvalue weighted by atomic mass is 16.6. The van der Waals surface area contributed by atoms with E-state index in [1.54, 1.807) is 6.07 Å². The van der Waals surface area contributed by atoms with Crippen molar-refractivity contribution in [3.05, 3.63) is 46.0 Å². The molecule has 21 heavy (non-hydrogen) atoms. The van der Waals surface area contributed by atoms with Crippen molar-refractivity contribution in [2.24, 2.45) is 0 Å². The molecule has 112 valence electrons. The predicted octanol–water partition coefficient (Wildman–Crippen LogP) is 0.560. The largest absolute Gasteiger partial charge is 0.480 e. The normalized spacial score (nSPS) is 12.0. The van der Waals surface area contributed by atoms with Gasteiger partial charge in [-0.15, -0.1) is 0 Å². The number of aliphatic hydroxyl groups excluding tert-OH is 1. The zero-order valence-corrected chi connectivity index (χ0v) is 10.9. The number of nitro benzene ring substituents is 1. The molecule has 0 heterocycles. The molecule has 0 aromatic heterocycles. The lowest BCUT2D eigenvalue weighted by atomic mass is 10.1. The van der Waals surface area contributed by atoms with Crippen molar-refractivity contribution in [2.45, 2.75) is 12.5 Å². The van der Waals surface area contributed by atoms with Crippen molar-refractivity contribution in [2.75, 3.05) is 6.61 Å². The Hall–Kier alpha value is -2.74. The van der Waals surface area contributed by atoms with Crippen LogP contribution >= 0.6 is 0 Å². The standard InChI is InChI=1S/C13H14N2O6/c16-8-7-10(13(18)19)14-12(17)6-5-9-3-1-2-4-11(9)15(20)21/h1-6,10,16H,7-8H2,(H,14,17)(H,18,19)/b6-5+/t10-/m0/s1. The molecular formula is C13H14N2O6. The fourth-order valence-electron chi connectivity index (χ4n) is 1.57. The summed E-state index contributed by atoms with van der Waals surface area (Å²) >= 11 is 0. The number of carbonyl (C=O) groups is 2. The minimum atomic E-state index is -1.27. The Morgan fingerprint density at radius 3 is 2.62 bits per heavy atom. The highest BCUT2D eigenvalue weighted by Crippen LogP contribution is 2.18. The Morgan fingerprint density at radius 2 is 2.05 bits per heavy atom. The van der Waals surface area contributed by atoms with E-state index in [0.717, 1.165) is 6.08 Å². The first-order valence-electron chi connectivity index (χ1n) is 6.01. The molecule has 8 nitrogen and oxygen atoms in total. The number of carboxylic acids is 1. The summed E-state index contributed by atoms with van der Waals surface area (Å²) in [5.41, 5.74) is 0.0679. The summed E-state index contributed by atoms with van der Waals surface area (Å²) < 4.78 is 0. The summed E-state index contributed by atoms with van der Waals surface area (Å²) in [6.07, 6.45) is 2.11. The van der Waals surface area contributed by atoms with E-state index < -0.39 is 22.8 Å². The Labute approximate surface area is 119 Å². The summed E-state index contributed by atoms with van der Waals surface area (Å²) in [6.45, 7) is -0.384. The smallest absolute Gasteiger partial charge is 0.326 e. The third kappa shape index (κ3) is 5.03. The highest BCUT2D eigenvalue weighted by molar-refractivity contribution is 5.94. The first kappa shape index (κ1) is 16.3. The van der Waals surface area contributed by atoms with E-state index >= 15 is 0 Å². The van der Waals surface area contributed by atoms with Crippen molar-refractivity contribution >= 4 is 23.6 Å². The van der Waals surface area contributed by atoms with Crippen LogP contribution in [-0.4, -0.2) is 39.7 Å². The second kappa shape index (κ2) is 7.75. The van der Waals surface area contributed by atoms with Gasteiger partial charge in [-0.3, -0.25) is 14.9 Å². The number of nitro groups is 1. The van der Waals surface area contributed by atoms with Gasteiger partial charge in [0.05, 0.1) is 10.5 Å². The van der Waals surface area contributed by atoms with E-state index in [2.05, 4.69) is 5.32 Å². The molecule has 3 N–H and O–H groups in total. The molecule has 0 fully saturated rings. The maximum atomic E-state index is 11.6. The molecule has 0 aliphatic carbocycles. The van der Waals surface area contributed by atoms with Gasteiger partial charge in [0.2, 0.25) is 5.91 Å². The topological polar surface area (TPSA) is 130 Å².